The van der Waals surface area contributed by atoms with Crippen LogP contribution in [0.5, 0.6) is 5.75 Å². The molecule has 1 aromatic heterocycles. The van der Waals surface area contributed by atoms with Gasteiger partial charge in [-0.3, -0.25) is 0 Å². The van der Waals surface area contributed by atoms with Gasteiger partial charge in [0.1, 0.15) is 21.8 Å². The van der Waals surface area contributed by atoms with Crippen LogP contribution in [0.25, 0.3) is 21.1 Å². The van der Waals surface area contributed by atoms with Crippen molar-refractivity contribution in [3.63, 3.8) is 0 Å². The molecule has 0 amide bonds. The van der Waals surface area contributed by atoms with Gasteiger partial charge < -0.3 is 4.74 Å². The molecule has 1 aliphatic rings. The third-order valence-electron chi connectivity index (χ3n) is 5.43. The van der Waals surface area contributed by atoms with Gasteiger partial charge in [-0.25, -0.2) is 13.1 Å². The van der Waals surface area contributed by atoms with Crippen molar-refractivity contribution in [2.75, 3.05) is 5.75 Å². The van der Waals surface area contributed by atoms with Gasteiger partial charge in [-0.05, 0) is 62.4 Å². The summed E-state index contributed by atoms with van der Waals surface area (Å²) in [7, 11) is -3.30. The van der Waals surface area contributed by atoms with E-state index in [1.54, 1.807) is 12.1 Å². The maximum atomic E-state index is 12.3. The third kappa shape index (κ3) is 5.08. The van der Waals surface area contributed by atoms with Crippen molar-refractivity contribution in [3.8, 4) is 33.0 Å². The van der Waals surface area contributed by atoms with Crippen LogP contribution < -0.4 is 9.46 Å². The second kappa shape index (κ2) is 9.59. The average molecular weight is 483 g/mol. The summed E-state index contributed by atoms with van der Waals surface area (Å²) in [5.74, 6) is 0.683. The van der Waals surface area contributed by atoms with Crippen LogP contribution in [-0.4, -0.2) is 30.5 Å². The zero-order valence-electron chi connectivity index (χ0n) is 18.8. The number of sulfonamides is 1. The smallest absolute Gasteiger partial charge is 0.212 e. The molecule has 1 aliphatic carbocycles. The number of benzene rings is 2. The van der Waals surface area contributed by atoms with Crippen LogP contribution in [0.15, 0.2) is 36.4 Å². The quantitative estimate of drug-likeness (QED) is 0.492. The van der Waals surface area contributed by atoms with E-state index in [-0.39, 0.29) is 17.9 Å². The van der Waals surface area contributed by atoms with Gasteiger partial charge in [-0.15, -0.1) is 10.2 Å². The molecule has 0 radical (unpaired) electrons. The van der Waals surface area contributed by atoms with E-state index in [1.165, 1.54) is 11.3 Å². The SMILES string of the molecule is CCCS(=O)(=O)N[C@H]1CCc2c(-c3nnc(-c4ccc(OC(C)C)c(C#N)c4)s3)cccc21. The topological polar surface area (TPSA) is 105 Å². The van der Waals surface area contributed by atoms with E-state index in [9.17, 15) is 13.7 Å². The molecule has 0 saturated heterocycles. The van der Waals surface area contributed by atoms with Gasteiger partial charge in [0, 0.05) is 17.2 Å². The number of nitrogens with zero attached hydrogens (tertiary/aromatic N) is 3. The highest BCUT2D eigenvalue weighted by Gasteiger charge is 2.29. The van der Waals surface area contributed by atoms with Gasteiger partial charge >= 0.3 is 0 Å². The molecule has 0 aliphatic heterocycles. The van der Waals surface area contributed by atoms with Crippen molar-refractivity contribution in [3.05, 3.63) is 53.1 Å². The Morgan fingerprint density at radius 2 is 2.03 bits per heavy atom. The fourth-order valence-corrected chi connectivity index (χ4v) is 6.30. The first-order valence-corrected chi connectivity index (χ1v) is 13.4. The van der Waals surface area contributed by atoms with Crippen LogP contribution in [0.3, 0.4) is 0 Å². The first-order chi connectivity index (χ1) is 15.8. The van der Waals surface area contributed by atoms with Crippen molar-refractivity contribution >= 4 is 21.4 Å². The molecule has 0 spiro atoms. The Labute approximate surface area is 198 Å². The van der Waals surface area contributed by atoms with Crippen molar-refractivity contribution in [2.24, 2.45) is 0 Å². The summed E-state index contributed by atoms with van der Waals surface area (Å²) in [5.41, 5.74) is 4.37. The van der Waals surface area contributed by atoms with Crippen LogP contribution in [0.1, 0.15) is 56.3 Å². The van der Waals surface area contributed by atoms with Crippen LogP contribution >= 0.6 is 11.3 Å². The Bertz CT molecular complexity index is 1310. The number of ether oxygens (including phenoxy) is 1. The fraction of sp³-hybridized carbons (Fsp3) is 0.375. The summed E-state index contributed by atoms with van der Waals surface area (Å²) in [6.45, 7) is 5.70. The minimum absolute atomic E-state index is 0.0217. The third-order valence-corrected chi connectivity index (χ3v) is 8.03. The first-order valence-electron chi connectivity index (χ1n) is 11.0. The van der Waals surface area contributed by atoms with Crippen molar-refractivity contribution in [2.45, 2.75) is 52.2 Å². The molecule has 1 heterocycles. The second-order valence-corrected chi connectivity index (χ2v) is 11.2. The van der Waals surface area contributed by atoms with Crippen LogP contribution in [-0.2, 0) is 16.4 Å². The summed E-state index contributed by atoms with van der Waals surface area (Å²) < 4.78 is 33.1. The van der Waals surface area contributed by atoms with Crippen LogP contribution in [0.2, 0.25) is 0 Å². The van der Waals surface area contributed by atoms with E-state index in [0.29, 0.717) is 22.7 Å². The van der Waals surface area contributed by atoms with Gasteiger partial charge in [0.15, 0.2) is 0 Å². The lowest BCUT2D eigenvalue weighted by Gasteiger charge is -2.14. The predicted molar refractivity (Wildman–Crippen MR) is 130 cm³/mol. The first kappa shape index (κ1) is 23.4. The van der Waals surface area contributed by atoms with Crippen molar-refractivity contribution < 1.29 is 13.2 Å². The van der Waals surface area contributed by atoms with Gasteiger partial charge in [-0.1, -0.05) is 36.5 Å². The molecule has 4 rings (SSSR count). The summed E-state index contributed by atoms with van der Waals surface area (Å²) in [6, 6.07) is 13.4. The highest BCUT2D eigenvalue weighted by molar-refractivity contribution is 7.89. The molecule has 0 bridgehead atoms. The Hall–Kier alpha value is -2.80. The minimum atomic E-state index is -3.30. The van der Waals surface area contributed by atoms with E-state index in [4.69, 9.17) is 4.74 Å². The van der Waals surface area contributed by atoms with E-state index in [0.717, 1.165) is 40.1 Å². The standard InChI is InChI=1S/C24H26N4O3S2/c1-4-12-33(29,30)28-21-10-9-18-19(21)6-5-7-20(18)24-27-26-23(32-24)16-8-11-22(31-15(2)3)17(13-16)14-25/h5-8,11,13,15,21,28H,4,9-10,12H2,1-3H3/t21-/m0/s1. The number of fused-ring (bicyclic) bond motifs is 1. The monoisotopic (exact) mass is 482 g/mol. The lowest BCUT2D eigenvalue weighted by molar-refractivity contribution is 0.242. The molecule has 3 aromatic rings. The molecule has 0 fully saturated rings. The summed E-state index contributed by atoms with van der Waals surface area (Å²) in [4.78, 5) is 0. The van der Waals surface area contributed by atoms with Gasteiger partial charge in [0.2, 0.25) is 10.0 Å². The largest absolute Gasteiger partial charge is 0.490 e. The van der Waals surface area contributed by atoms with Crippen LogP contribution in [0.4, 0.5) is 0 Å². The maximum Gasteiger partial charge on any atom is 0.212 e. The lowest BCUT2D eigenvalue weighted by atomic mass is 10.0. The number of nitrogens with one attached hydrogen (secondary N) is 1. The molecule has 0 saturated carbocycles. The number of nitriles is 1. The molecule has 1 atom stereocenters. The fourth-order valence-electron chi connectivity index (χ4n) is 4.08. The molecule has 7 nitrogen and oxygen atoms in total. The summed E-state index contributed by atoms with van der Waals surface area (Å²) >= 11 is 1.46. The average Bonchev–Trinajstić information content (AvgIpc) is 3.41. The van der Waals surface area contributed by atoms with Crippen molar-refractivity contribution in [1.82, 2.24) is 14.9 Å². The molecular weight excluding hydrogens is 456 g/mol. The summed E-state index contributed by atoms with van der Waals surface area (Å²) in [6.07, 6.45) is 2.07. The molecule has 172 valence electrons. The highest BCUT2D eigenvalue weighted by atomic mass is 32.2. The molecule has 2 aromatic carbocycles. The second-order valence-electron chi connectivity index (χ2n) is 8.30. The number of rotatable bonds is 8. The molecule has 33 heavy (non-hydrogen) atoms. The molecular formula is C24H26N4O3S2. The van der Waals surface area contributed by atoms with E-state index < -0.39 is 10.0 Å². The minimum Gasteiger partial charge on any atom is -0.490 e. The molecule has 9 heteroatoms. The summed E-state index contributed by atoms with van der Waals surface area (Å²) in [5, 5.41) is 19.8. The van der Waals surface area contributed by atoms with E-state index in [1.807, 2.05) is 45.0 Å². The van der Waals surface area contributed by atoms with E-state index in [2.05, 4.69) is 21.0 Å². The number of hydrogen-bond acceptors (Lipinski definition) is 7. The van der Waals surface area contributed by atoms with Gasteiger partial charge in [0.05, 0.1) is 17.4 Å². The Balaban J connectivity index is 1.63. The molecule has 0 unspecified atom stereocenters. The zero-order valence-corrected chi connectivity index (χ0v) is 20.5. The number of aromatic nitrogens is 2. The molecule has 1 N–H and O–H groups in total. The van der Waals surface area contributed by atoms with Gasteiger partial charge in [-0.2, -0.15) is 5.26 Å². The lowest BCUT2D eigenvalue weighted by Crippen LogP contribution is -2.29. The van der Waals surface area contributed by atoms with E-state index >= 15 is 0 Å². The Morgan fingerprint density at radius 3 is 2.76 bits per heavy atom. The highest BCUT2D eigenvalue weighted by Crippen LogP contribution is 2.40. The maximum absolute atomic E-state index is 12.3. The van der Waals surface area contributed by atoms with Gasteiger partial charge in [0.25, 0.3) is 0 Å². The zero-order chi connectivity index (χ0) is 23.6. The predicted octanol–water partition coefficient (Wildman–Crippen LogP) is 4.85. The Kier molecular flexibility index (Phi) is 6.79. The normalized spacial score (nSPS) is 15.4. The van der Waals surface area contributed by atoms with Crippen molar-refractivity contribution in [1.29, 1.82) is 5.26 Å². The van der Waals surface area contributed by atoms with Crippen LogP contribution in [0, 0.1) is 11.3 Å². The number of hydrogen-bond donors (Lipinski definition) is 1. The Morgan fingerprint density at radius 1 is 1.24 bits per heavy atom.